The maximum absolute atomic E-state index is 13.6. The Hall–Kier alpha value is -2.76. The summed E-state index contributed by atoms with van der Waals surface area (Å²) >= 11 is 0. The fourth-order valence-corrected chi connectivity index (χ4v) is 3.49. The van der Waals surface area contributed by atoms with Gasteiger partial charge in [0.2, 0.25) is 5.91 Å². The van der Waals surface area contributed by atoms with Crippen LogP contribution >= 0.6 is 0 Å². The predicted molar refractivity (Wildman–Crippen MR) is 99.4 cm³/mol. The Labute approximate surface area is 151 Å². The highest BCUT2D eigenvalue weighted by Gasteiger charge is 2.36. The van der Waals surface area contributed by atoms with E-state index in [1.165, 1.54) is 4.90 Å². The first-order chi connectivity index (χ1) is 12.4. The van der Waals surface area contributed by atoms with Crippen LogP contribution in [0.15, 0.2) is 36.4 Å². The third-order valence-corrected chi connectivity index (χ3v) is 4.86. The summed E-state index contributed by atoms with van der Waals surface area (Å²) in [5.41, 5.74) is 1.83. The van der Waals surface area contributed by atoms with Crippen LogP contribution in [-0.4, -0.2) is 47.7 Å². The summed E-state index contributed by atoms with van der Waals surface area (Å²) in [5.74, 6) is -0.708. The first-order valence-electron chi connectivity index (χ1n) is 8.63. The Morgan fingerprint density at radius 2 is 1.92 bits per heavy atom. The quantitative estimate of drug-likeness (QED) is 0.828. The largest absolute Gasteiger partial charge is 0.343 e. The van der Waals surface area contributed by atoms with Crippen LogP contribution in [0.25, 0.3) is 10.8 Å². The Balaban J connectivity index is 1.72. The van der Waals surface area contributed by atoms with Crippen molar-refractivity contribution in [2.45, 2.75) is 32.5 Å². The minimum atomic E-state index is -1.12. The molecule has 0 saturated carbocycles. The van der Waals surface area contributed by atoms with Crippen LogP contribution in [0.2, 0.25) is 0 Å². The molecule has 0 spiro atoms. The summed E-state index contributed by atoms with van der Waals surface area (Å²) in [6.45, 7) is 3.31. The van der Waals surface area contributed by atoms with Gasteiger partial charge in [-0.05, 0) is 36.2 Å². The van der Waals surface area contributed by atoms with Crippen LogP contribution in [0.4, 0.5) is 4.39 Å². The lowest BCUT2D eigenvalue weighted by Gasteiger charge is -2.23. The van der Waals surface area contributed by atoms with E-state index >= 15 is 0 Å². The number of carbonyl (C=O) groups is 2. The van der Waals surface area contributed by atoms with E-state index in [9.17, 15) is 14.0 Å². The molecule has 6 heteroatoms. The molecule has 1 aliphatic rings. The van der Waals surface area contributed by atoms with Gasteiger partial charge in [0, 0.05) is 17.7 Å². The molecule has 2 N–H and O–H groups in total. The molecule has 1 aliphatic heterocycles. The van der Waals surface area contributed by atoms with Crippen molar-refractivity contribution in [2.75, 3.05) is 13.1 Å². The SMILES string of the molecule is CC(=N)[C@@H]1CC(F)CN1C(=O)CNC(=O)c1cccc2c(C)cccc12. The number of likely N-dealkylation sites (tertiary alicyclic amines) is 1. The van der Waals surface area contributed by atoms with Gasteiger partial charge in [-0.3, -0.25) is 9.59 Å². The molecule has 1 saturated heterocycles. The van der Waals surface area contributed by atoms with Gasteiger partial charge < -0.3 is 15.6 Å². The fraction of sp³-hybridized carbons (Fsp3) is 0.350. The van der Waals surface area contributed by atoms with Crippen LogP contribution in [0.1, 0.15) is 29.3 Å². The van der Waals surface area contributed by atoms with E-state index in [-0.39, 0.29) is 37.0 Å². The van der Waals surface area contributed by atoms with Crippen molar-refractivity contribution in [2.24, 2.45) is 0 Å². The van der Waals surface area contributed by atoms with Crippen molar-refractivity contribution < 1.29 is 14.0 Å². The van der Waals surface area contributed by atoms with Gasteiger partial charge in [-0.25, -0.2) is 4.39 Å². The van der Waals surface area contributed by atoms with E-state index in [4.69, 9.17) is 5.41 Å². The number of nitrogens with zero attached hydrogens (tertiary/aromatic N) is 1. The monoisotopic (exact) mass is 355 g/mol. The summed E-state index contributed by atoms with van der Waals surface area (Å²) in [7, 11) is 0. The van der Waals surface area contributed by atoms with Crippen molar-refractivity contribution >= 4 is 28.3 Å². The van der Waals surface area contributed by atoms with Gasteiger partial charge in [0.15, 0.2) is 0 Å². The van der Waals surface area contributed by atoms with Gasteiger partial charge in [0.05, 0.1) is 19.1 Å². The van der Waals surface area contributed by atoms with Gasteiger partial charge in [-0.1, -0.05) is 30.3 Å². The molecule has 0 aliphatic carbocycles. The Bertz CT molecular complexity index is 880. The van der Waals surface area contributed by atoms with Crippen molar-refractivity contribution in [1.29, 1.82) is 5.41 Å². The minimum absolute atomic E-state index is 0.0247. The van der Waals surface area contributed by atoms with E-state index in [2.05, 4.69) is 5.32 Å². The second kappa shape index (κ2) is 7.23. The first kappa shape index (κ1) is 18.0. The van der Waals surface area contributed by atoms with E-state index in [1.54, 1.807) is 13.0 Å². The summed E-state index contributed by atoms with van der Waals surface area (Å²) < 4.78 is 13.6. The lowest BCUT2D eigenvalue weighted by Crippen LogP contribution is -2.45. The Morgan fingerprint density at radius 1 is 1.23 bits per heavy atom. The molecule has 2 aromatic carbocycles. The molecule has 26 heavy (non-hydrogen) atoms. The lowest BCUT2D eigenvalue weighted by atomic mass is 10.0. The number of nitrogens with one attached hydrogen (secondary N) is 2. The van der Waals surface area contributed by atoms with Gasteiger partial charge in [0.1, 0.15) is 6.17 Å². The number of carbonyl (C=O) groups excluding carboxylic acids is 2. The average molecular weight is 355 g/mol. The zero-order valence-corrected chi connectivity index (χ0v) is 14.9. The highest BCUT2D eigenvalue weighted by Crippen LogP contribution is 2.23. The molecule has 0 radical (unpaired) electrons. The molecule has 136 valence electrons. The average Bonchev–Trinajstić information content (AvgIpc) is 3.01. The highest BCUT2D eigenvalue weighted by molar-refractivity contribution is 6.08. The number of alkyl halides is 1. The maximum Gasteiger partial charge on any atom is 0.252 e. The number of hydrogen-bond acceptors (Lipinski definition) is 3. The molecule has 2 atom stereocenters. The van der Waals surface area contributed by atoms with E-state index in [1.807, 2.05) is 37.3 Å². The van der Waals surface area contributed by atoms with Crippen LogP contribution in [0.3, 0.4) is 0 Å². The van der Waals surface area contributed by atoms with Gasteiger partial charge >= 0.3 is 0 Å². The molecule has 1 heterocycles. The van der Waals surface area contributed by atoms with Crippen LogP contribution in [0, 0.1) is 12.3 Å². The van der Waals surface area contributed by atoms with E-state index in [0.29, 0.717) is 5.56 Å². The van der Waals surface area contributed by atoms with Gasteiger partial charge in [-0.2, -0.15) is 0 Å². The summed E-state index contributed by atoms with van der Waals surface area (Å²) in [4.78, 5) is 26.3. The molecule has 3 rings (SSSR count). The van der Waals surface area contributed by atoms with E-state index < -0.39 is 12.2 Å². The van der Waals surface area contributed by atoms with Gasteiger partial charge in [0.25, 0.3) is 5.91 Å². The van der Waals surface area contributed by atoms with Gasteiger partial charge in [-0.15, -0.1) is 0 Å². The summed E-state index contributed by atoms with van der Waals surface area (Å²) in [6.07, 6.45) is -0.974. The zero-order valence-electron chi connectivity index (χ0n) is 14.9. The number of halogens is 1. The number of fused-ring (bicyclic) bond motifs is 1. The Kier molecular flexibility index (Phi) is 5.02. The molecule has 0 aromatic heterocycles. The van der Waals surface area contributed by atoms with E-state index in [0.717, 1.165) is 16.3 Å². The molecular weight excluding hydrogens is 333 g/mol. The zero-order chi connectivity index (χ0) is 18.8. The van der Waals surface area contributed by atoms with Crippen molar-refractivity contribution in [3.05, 3.63) is 47.5 Å². The summed E-state index contributed by atoms with van der Waals surface area (Å²) in [6, 6.07) is 10.7. The number of benzene rings is 2. The van der Waals surface area contributed by atoms with Crippen LogP contribution in [-0.2, 0) is 4.79 Å². The fourth-order valence-electron chi connectivity index (χ4n) is 3.49. The molecule has 1 unspecified atom stereocenters. The van der Waals surface area contributed by atoms with Crippen molar-refractivity contribution in [3.63, 3.8) is 0 Å². The number of amides is 2. The van der Waals surface area contributed by atoms with Crippen molar-refractivity contribution in [1.82, 2.24) is 10.2 Å². The smallest absolute Gasteiger partial charge is 0.252 e. The predicted octanol–water partition coefficient (Wildman–Crippen LogP) is 2.86. The third kappa shape index (κ3) is 3.45. The molecule has 2 aromatic rings. The second-order valence-corrected chi connectivity index (χ2v) is 6.74. The van der Waals surface area contributed by atoms with Crippen LogP contribution < -0.4 is 5.32 Å². The third-order valence-electron chi connectivity index (χ3n) is 4.86. The topological polar surface area (TPSA) is 73.3 Å². The second-order valence-electron chi connectivity index (χ2n) is 6.74. The number of aryl methyl sites for hydroxylation is 1. The first-order valence-corrected chi connectivity index (χ1v) is 8.63. The molecule has 2 amide bonds. The van der Waals surface area contributed by atoms with Crippen LogP contribution in [0.5, 0.6) is 0 Å². The Morgan fingerprint density at radius 3 is 2.65 bits per heavy atom. The lowest BCUT2D eigenvalue weighted by molar-refractivity contribution is -0.130. The molecular formula is C20H22FN3O2. The number of hydrogen-bond donors (Lipinski definition) is 2. The van der Waals surface area contributed by atoms with Crippen molar-refractivity contribution in [3.8, 4) is 0 Å². The minimum Gasteiger partial charge on any atom is -0.343 e. The maximum atomic E-state index is 13.6. The molecule has 0 bridgehead atoms. The standard InChI is InChI=1S/C20H22FN3O2/c1-12-5-3-7-16-15(12)6-4-8-17(16)20(26)23-10-19(25)24-11-14(21)9-18(24)13(2)22/h3-8,14,18,22H,9-11H2,1-2H3,(H,23,26)/t14?,18-/m0/s1. The molecule has 5 nitrogen and oxygen atoms in total. The molecule has 1 fully saturated rings. The highest BCUT2D eigenvalue weighted by atomic mass is 19.1. The summed E-state index contributed by atoms with van der Waals surface area (Å²) in [5, 5.41) is 12.2. The number of rotatable bonds is 4. The normalized spacial score (nSPS) is 19.6.